The van der Waals surface area contributed by atoms with Gasteiger partial charge in [-0.1, -0.05) is 49.4 Å². The minimum Gasteiger partial charge on any atom is -0.481 e. The molecule has 0 bridgehead atoms. The molecule has 2 fully saturated rings. The molecule has 2 aliphatic rings. The van der Waals surface area contributed by atoms with E-state index in [1.807, 2.05) is 44.2 Å². The molecular weight excluding hydrogens is 474 g/mol. The van der Waals surface area contributed by atoms with Gasteiger partial charge in [-0.15, -0.1) is 0 Å². The lowest BCUT2D eigenvalue weighted by Crippen LogP contribution is -2.73. The zero-order valence-corrected chi connectivity index (χ0v) is 21.7. The molecule has 0 radical (unpaired) electrons. The minimum atomic E-state index is -1.56. The molecule has 2 saturated heterocycles. The largest absolute Gasteiger partial charge is 0.481 e. The summed E-state index contributed by atoms with van der Waals surface area (Å²) < 4.78 is 0. The van der Waals surface area contributed by atoms with Gasteiger partial charge in [0.1, 0.15) is 0 Å². The third-order valence-electron chi connectivity index (χ3n) is 9.17. The number of likely N-dealkylation sites (tertiary alicyclic amines) is 1. The van der Waals surface area contributed by atoms with Crippen molar-refractivity contribution in [3.05, 3.63) is 75.8 Å². The van der Waals surface area contributed by atoms with E-state index in [1.54, 1.807) is 19.9 Å². The smallest absolute Gasteiger partial charge is 0.312 e. The van der Waals surface area contributed by atoms with Crippen LogP contribution in [0.15, 0.2) is 54.6 Å². The van der Waals surface area contributed by atoms with Crippen LogP contribution in [0.5, 0.6) is 0 Å². The fourth-order valence-corrected chi connectivity index (χ4v) is 7.20. The molecule has 0 spiro atoms. The lowest BCUT2D eigenvalue weighted by atomic mass is 9.44. The summed E-state index contributed by atoms with van der Waals surface area (Å²) in [5, 5.41) is 36.6. The van der Waals surface area contributed by atoms with Crippen molar-refractivity contribution in [2.24, 2.45) is 16.2 Å². The molecule has 6 unspecified atom stereocenters. The van der Waals surface area contributed by atoms with Gasteiger partial charge in [0.2, 0.25) is 0 Å². The number of nitrogens with one attached hydrogen (secondary N) is 1. The maximum atomic E-state index is 13.6. The summed E-state index contributed by atoms with van der Waals surface area (Å²) in [7, 11) is 0. The third kappa shape index (κ3) is 4.10. The second-order valence-electron chi connectivity index (χ2n) is 11.2. The van der Waals surface area contributed by atoms with Crippen LogP contribution in [0.2, 0.25) is 0 Å². The van der Waals surface area contributed by atoms with Crippen molar-refractivity contribution in [3.8, 4) is 0 Å². The highest BCUT2D eigenvalue weighted by molar-refractivity contribution is 5.85. The summed E-state index contributed by atoms with van der Waals surface area (Å²) in [5.41, 5.74) is -2.64. The van der Waals surface area contributed by atoms with E-state index in [4.69, 9.17) is 0 Å². The first-order valence-electron chi connectivity index (χ1n) is 12.6. The van der Waals surface area contributed by atoms with Gasteiger partial charge in [0.25, 0.3) is 5.69 Å². The molecule has 2 aliphatic heterocycles. The summed E-state index contributed by atoms with van der Waals surface area (Å²) in [6.45, 7) is 8.83. The summed E-state index contributed by atoms with van der Waals surface area (Å²) in [6.07, 6.45) is 0.549. The van der Waals surface area contributed by atoms with Gasteiger partial charge in [-0.05, 0) is 50.3 Å². The lowest BCUT2D eigenvalue weighted by molar-refractivity contribution is -0.385. The molecule has 37 heavy (non-hydrogen) atoms. The first-order chi connectivity index (χ1) is 17.4. The fourth-order valence-electron chi connectivity index (χ4n) is 7.20. The number of nitrogens with zero attached hydrogens (tertiary/aromatic N) is 2. The normalized spacial score (nSPS) is 34.2. The molecule has 9 heteroatoms. The maximum Gasteiger partial charge on any atom is 0.312 e. The second-order valence-corrected chi connectivity index (χ2v) is 11.2. The van der Waals surface area contributed by atoms with Crippen molar-refractivity contribution >= 4 is 17.6 Å². The topological polar surface area (TPSA) is 133 Å². The molecule has 0 amide bonds. The van der Waals surface area contributed by atoms with E-state index < -0.39 is 51.1 Å². The Morgan fingerprint density at radius 3 is 2.32 bits per heavy atom. The first-order valence-corrected chi connectivity index (χ1v) is 12.6. The monoisotopic (exact) mass is 509 g/mol. The molecule has 2 aromatic carbocycles. The summed E-state index contributed by atoms with van der Waals surface area (Å²) in [6, 6.07) is 14.6. The summed E-state index contributed by atoms with van der Waals surface area (Å²) in [4.78, 5) is 39.9. The Bertz CT molecular complexity index is 1210. The number of piperidine rings is 1. The van der Waals surface area contributed by atoms with Crippen molar-refractivity contribution in [1.29, 1.82) is 0 Å². The van der Waals surface area contributed by atoms with Crippen molar-refractivity contribution in [1.82, 2.24) is 10.2 Å². The van der Waals surface area contributed by atoms with Crippen LogP contribution in [0, 0.1) is 26.4 Å². The van der Waals surface area contributed by atoms with E-state index in [-0.39, 0.29) is 5.69 Å². The van der Waals surface area contributed by atoms with Crippen LogP contribution < -0.4 is 5.32 Å². The number of carboxylic acid groups (broad SMARTS) is 2. The van der Waals surface area contributed by atoms with Gasteiger partial charge in [0, 0.05) is 43.2 Å². The second kappa shape index (κ2) is 9.54. The predicted octanol–water partition coefficient (Wildman–Crippen LogP) is 4.13. The number of rotatable bonds is 7. The van der Waals surface area contributed by atoms with E-state index in [1.165, 1.54) is 18.2 Å². The molecule has 0 aromatic heterocycles. The third-order valence-corrected chi connectivity index (χ3v) is 9.17. The molecule has 4 rings (SSSR count). The van der Waals surface area contributed by atoms with Crippen molar-refractivity contribution in [2.45, 2.75) is 58.7 Å². The van der Waals surface area contributed by atoms with Crippen LogP contribution in [-0.4, -0.2) is 57.1 Å². The Hall–Kier alpha value is -3.30. The average Bonchev–Trinajstić information content (AvgIpc) is 3.22. The molecule has 6 atom stereocenters. The fraction of sp³-hybridized carbons (Fsp3) is 0.500. The molecule has 0 saturated carbocycles. The Morgan fingerprint density at radius 2 is 1.73 bits per heavy atom. The van der Waals surface area contributed by atoms with Gasteiger partial charge in [-0.3, -0.25) is 24.6 Å². The molecule has 2 heterocycles. The Balaban J connectivity index is 1.91. The SMILES string of the molecule is CC1NC(C)C(C(=O)O)(C2(C)CCN(Cc3ccccc3)C2)C(c2cccc([N+](=O)[O-])c2)C1(C)C(=O)O. The van der Waals surface area contributed by atoms with Gasteiger partial charge in [0.15, 0.2) is 0 Å². The number of nitro benzene ring substituents is 1. The molecule has 2 aromatic rings. The number of benzene rings is 2. The Kier molecular flexibility index (Phi) is 6.90. The quantitative estimate of drug-likeness (QED) is 0.375. The van der Waals surface area contributed by atoms with Crippen LogP contribution in [-0.2, 0) is 16.1 Å². The van der Waals surface area contributed by atoms with E-state index in [0.717, 1.165) is 5.56 Å². The van der Waals surface area contributed by atoms with Gasteiger partial charge in [0.05, 0.1) is 15.8 Å². The highest BCUT2D eigenvalue weighted by atomic mass is 16.6. The van der Waals surface area contributed by atoms with Crippen LogP contribution in [0.4, 0.5) is 5.69 Å². The van der Waals surface area contributed by atoms with Gasteiger partial charge >= 0.3 is 11.9 Å². The van der Waals surface area contributed by atoms with Crippen molar-refractivity contribution in [3.63, 3.8) is 0 Å². The number of aliphatic carboxylic acids is 2. The van der Waals surface area contributed by atoms with Crippen molar-refractivity contribution in [2.75, 3.05) is 13.1 Å². The first kappa shape index (κ1) is 26.8. The van der Waals surface area contributed by atoms with Gasteiger partial charge < -0.3 is 15.5 Å². The number of non-ortho nitro benzene ring substituents is 1. The van der Waals surface area contributed by atoms with Crippen molar-refractivity contribution < 1.29 is 24.7 Å². The minimum absolute atomic E-state index is 0.189. The average molecular weight is 510 g/mol. The van der Waals surface area contributed by atoms with E-state index in [9.17, 15) is 29.9 Å². The number of carboxylic acids is 2. The molecule has 198 valence electrons. The zero-order valence-electron chi connectivity index (χ0n) is 21.7. The number of nitro groups is 1. The number of carbonyl (C=O) groups is 2. The Morgan fingerprint density at radius 1 is 1.05 bits per heavy atom. The lowest BCUT2D eigenvalue weighted by Gasteiger charge is -2.61. The standard InChI is InChI=1S/C28H35N3O6/c1-18-27(4,24(32)33)23(21-11-8-12-22(15-21)31(36)37)28(25(34)35,19(2)29-18)26(3)13-14-30(17-26)16-20-9-6-5-7-10-20/h5-12,15,18-19,23,29H,13-14,16-17H2,1-4H3,(H,32,33)(H,34,35). The number of hydrogen-bond donors (Lipinski definition) is 3. The van der Waals surface area contributed by atoms with E-state index in [2.05, 4.69) is 10.2 Å². The van der Waals surface area contributed by atoms with Crippen LogP contribution in [0.1, 0.15) is 51.2 Å². The summed E-state index contributed by atoms with van der Waals surface area (Å²) >= 11 is 0. The van der Waals surface area contributed by atoms with Gasteiger partial charge in [-0.2, -0.15) is 0 Å². The zero-order chi connectivity index (χ0) is 27.2. The molecule has 9 nitrogen and oxygen atoms in total. The van der Waals surface area contributed by atoms with E-state index >= 15 is 0 Å². The highest BCUT2D eigenvalue weighted by Gasteiger charge is 2.71. The van der Waals surface area contributed by atoms with Crippen LogP contribution in [0.3, 0.4) is 0 Å². The predicted molar refractivity (Wildman–Crippen MR) is 138 cm³/mol. The summed E-state index contributed by atoms with van der Waals surface area (Å²) in [5.74, 6) is -3.25. The maximum absolute atomic E-state index is 13.6. The molecule has 0 aliphatic carbocycles. The van der Waals surface area contributed by atoms with Gasteiger partial charge in [-0.25, -0.2) is 0 Å². The molecular formula is C28H35N3O6. The van der Waals surface area contributed by atoms with Crippen LogP contribution >= 0.6 is 0 Å². The van der Waals surface area contributed by atoms with Crippen LogP contribution in [0.25, 0.3) is 0 Å². The van der Waals surface area contributed by atoms with E-state index in [0.29, 0.717) is 31.6 Å². The Labute approximate surface area is 216 Å². The molecule has 3 N–H and O–H groups in total. The number of hydrogen-bond acceptors (Lipinski definition) is 6. The highest BCUT2D eigenvalue weighted by Crippen LogP contribution is 2.64.